The molecule has 2 heterocycles. The number of nitrogens with one attached hydrogen (secondary N) is 1. The van der Waals surface area contributed by atoms with Gasteiger partial charge >= 0.3 is 0 Å². The van der Waals surface area contributed by atoms with Gasteiger partial charge in [-0.3, -0.25) is 0 Å². The van der Waals surface area contributed by atoms with Crippen molar-refractivity contribution in [2.75, 3.05) is 5.43 Å². The number of nitrogens with two attached hydrogens (primary N) is 1. The first kappa shape index (κ1) is 8.15. The first-order valence-corrected chi connectivity index (χ1v) is 4.60. The second-order valence-electron chi connectivity index (χ2n) is 2.41. The standard InChI is InChI=1S/C8H8N4S/c9-12-8-5-10-6(4-11-8)7-2-1-3-13-7/h1-5H,9H2,(H,11,12). The topological polar surface area (TPSA) is 63.8 Å². The van der Waals surface area contributed by atoms with Crippen LogP contribution in [0.3, 0.4) is 0 Å². The molecule has 0 aliphatic heterocycles. The van der Waals surface area contributed by atoms with Gasteiger partial charge in [-0.1, -0.05) is 6.07 Å². The minimum Gasteiger partial charge on any atom is -0.307 e. The molecular weight excluding hydrogens is 184 g/mol. The van der Waals surface area contributed by atoms with Crippen LogP contribution in [0.5, 0.6) is 0 Å². The molecule has 66 valence electrons. The Hall–Kier alpha value is -1.46. The lowest BCUT2D eigenvalue weighted by Gasteiger charge is -1.98. The van der Waals surface area contributed by atoms with Gasteiger partial charge in [0.2, 0.25) is 0 Å². The second kappa shape index (κ2) is 3.51. The Morgan fingerprint density at radius 1 is 1.31 bits per heavy atom. The molecule has 0 saturated carbocycles. The number of thiophene rings is 1. The summed E-state index contributed by atoms with van der Waals surface area (Å²) < 4.78 is 0. The molecule has 5 heteroatoms. The van der Waals surface area contributed by atoms with Gasteiger partial charge in [-0.15, -0.1) is 11.3 Å². The van der Waals surface area contributed by atoms with Gasteiger partial charge < -0.3 is 5.43 Å². The number of aromatic nitrogens is 2. The Balaban J connectivity index is 2.33. The van der Waals surface area contributed by atoms with Crippen LogP contribution in [0.2, 0.25) is 0 Å². The number of anilines is 1. The number of nitrogen functional groups attached to an aromatic ring is 1. The van der Waals surface area contributed by atoms with Crippen molar-refractivity contribution in [1.29, 1.82) is 0 Å². The Bertz CT molecular complexity index is 368. The van der Waals surface area contributed by atoms with Crippen LogP contribution in [-0.2, 0) is 0 Å². The summed E-state index contributed by atoms with van der Waals surface area (Å²) in [4.78, 5) is 9.37. The third-order valence-corrected chi connectivity index (χ3v) is 2.47. The lowest BCUT2D eigenvalue weighted by atomic mass is 10.4. The molecule has 4 nitrogen and oxygen atoms in total. The summed E-state index contributed by atoms with van der Waals surface area (Å²) in [6.45, 7) is 0. The summed E-state index contributed by atoms with van der Waals surface area (Å²) in [5.41, 5.74) is 3.30. The maximum absolute atomic E-state index is 5.17. The van der Waals surface area contributed by atoms with E-state index in [4.69, 9.17) is 5.84 Å². The van der Waals surface area contributed by atoms with E-state index in [1.807, 2.05) is 17.5 Å². The molecule has 0 aromatic carbocycles. The Kier molecular flexibility index (Phi) is 2.20. The van der Waals surface area contributed by atoms with Crippen molar-refractivity contribution < 1.29 is 0 Å². The Morgan fingerprint density at radius 3 is 2.77 bits per heavy atom. The van der Waals surface area contributed by atoms with Crippen LogP contribution in [-0.4, -0.2) is 9.97 Å². The van der Waals surface area contributed by atoms with E-state index in [9.17, 15) is 0 Å². The maximum atomic E-state index is 5.17. The van der Waals surface area contributed by atoms with E-state index in [0.717, 1.165) is 10.6 Å². The van der Waals surface area contributed by atoms with Crippen LogP contribution < -0.4 is 11.3 Å². The van der Waals surface area contributed by atoms with Crippen molar-refractivity contribution in [3.8, 4) is 10.6 Å². The smallest absolute Gasteiger partial charge is 0.158 e. The highest BCUT2D eigenvalue weighted by molar-refractivity contribution is 7.13. The Morgan fingerprint density at radius 2 is 2.23 bits per heavy atom. The summed E-state index contributed by atoms with van der Waals surface area (Å²) in [7, 11) is 0. The van der Waals surface area contributed by atoms with Crippen molar-refractivity contribution >= 4 is 17.2 Å². The molecular formula is C8H8N4S. The normalized spacial score (nSPS) is 9.92. The molecule has 0 fully saturated rings. The molecule has 3 N–H and O–H groups in total. The number of nitrogens with zero attached hydrogens (tertiary/aromatic N) is 2. The van der Waals surface area contributed by atoms with E-state index in [-0.39, 0.29) is 0 Å². The summed E-state index contributed by atoms with van der Waals surface area (Å²) >= 11 is 1.64. The van der Waals surface area contributed by atoms with E-state index in [0.29, 0.717) is 5.82 Å². The summed E-state index contributed by atoms with van der Waals surface area (Å²) in [6.07, 6.45) is 3.30. The van der Waals surface area contributed by atoms with Gasteiger partial charge in [-0.2, -0.15) is 0 Å². The van der Waals surface area contributed by atoms with Crippen molar-refractivity contribution in [3.63, 3.8) is 0 Å². The molecule has 0 aliphatic carbocycles. The lowest BCUT2D eigenvalue weighted by molar-refractivity contribution is 1.16. The third kappa shape index (κ3) is 1.66. The van der Waals surface area contributed by atoms with Gasteiger partial charge in [0, 0.05) is 0 Å². The summed E-state index contributed by atoms with van der Waals surface area (Å²) in [5, 5.41) is 2.01. The first-order valence-electron chi connectivity index (χ1n) is 3.72. The second-order valence-corrected chi connectivity index (χ2v) is 3.36. The van der Waals surface area contributed by atoms with Crippen LogP contribution in [0.1, 0.15) is 0 Å². The highest BCUT2D eigenvalue weighted by Crippen LogP contribution is 2.21. The molecule has 0 bridgehead atoms. The van der Waals surface area contributed by atoms with Gasteiger partial charge in [0.25, 0.3) is 0 Å². The molecule has 2 rings (SSSR count). The number of hydrogen-bond donors (Lipinski definition) is 2. The molecule has 0 atom stereocenters. The molecule has 2 aromatic heterocycles. The third-order valence-electron chi connectivity index (χ3n) is 1.57. The maximum Gasteiger partial charge on any atom is 0.158 e. The molecule has 0 radical (unpaired) electrons. The fourth-order valence-electron chi connectivity index (χ4n) is 0.954. The lowest BCUT2D eigenvalue weighted by Crippen LogP contribution is -2.08. The summed E-state index contributed by atoms with van der Waals surface area (Å²) in [5.74, 6) is 5.74. The van der Waals surface area contributed by atoms with E-state index in [1.54, 1.807) is 23.7 Å². The van der Waals surface area contributed by atoms with E-state index in [1.165, 1.54) is 0 Å². The number of hydrazine groups is 1. The van der Waals surface area contributed by atoms with E-state index in [2.05, 4.69) is 15.4 Å². The van der Waals surface area contributed by atoms with Gasteiger partial charge in [-0.05, 0) is 11.4 Å². The van der Waals surface area contributed by atoms with Gasteiger partial charge in [0.1, 0.15) is 0 Å². The predicted molar refractivity (Wildman–Crippen MR) is 53.2 cm³/mol. The van der Waals surface area contributed by atoms with Crippen LogP contribution in [0.15, 0.2) is 29.9 Å². The predicted octanol–water partition coefficient (Wildman–Crippen LogP) is 1.49. The first-order chi connectivity index (χ1) is 6.40. The Labute approximate surface area is 79.4 Å². The van der Waals surface area contributed by atoms with Crippen LogP contribution in [0.4, 0.5) is 5.82 Å². The molecule has 0 amide bonds. The minimum atomic E-state index is 0.570. The van der Waals surface area contributed by atoms with E-state index >= 15 is 0 Å². The molecule has 0 spiro atoms. The van der Waals surface area contributed by atoms with Crippen LogP contribution in [0.25, 0.3) is 10.6 Å². The van der Waals surface area contributed by atoms with E-state index < -0.39 is 0 Å². The molecule has 13 heavy (non-hydrogen) atoms. The van der Waals surface area contributed by atoms with Crippen LogP contribution >= 0.6 is 11.3 Å². The van der Waals surface area contributed by atoms with Crippen molar-refractivity contribution in [2.24, 2.45) is 5.84 Å². The monoisotopic (exact) mass is 192 g/mol. The van der Waals surface area contributed by atoms with Crippen molar-refractivity contribution in [2.45, 2.75) is 0 Å². The zero-order chi connectivity index (χ0) is 9.10. The highest BCUT2D eigenvalue weighted by atomic mass is 32.1. The van der Waals surface area contributed by atoms with Crippen molar-refractivity contribution in [3.05, 3.63) is 29.9 Å². The zero-order valence-corrected chi connectivity index (χ0v) is 7.58. The quantitative estimate of drug-likeness (QED) is 0.559. The highest BCUT2D eigenvalue weighted by Gasteiger charge is 1.99. The van der Waals surface area contributed by atoms with Crippen LogP contribution in [0, 0.1) is 0 Å². The number of rotatable bonds is 2. The average molecular weight is 192 g/mol. The largest absolute Gasteiger partial charge is 0.307 e. The SMILES string of the molecule is NNc1cnc(-c2cccs2)cn1. The zero-order valence-electron chi connectivity index (χ0n) is 6.77. The molecule has 0 unspecified atom stereocenters. The van der Waals surface area contributed by atoms with Gasteiger partial charge in [0.05, 0.1) is 23.0 Å². The fourth-order valence-corrected chi connectivity index (χ4v) is 1.64. The minimum absolute atomic E-state index is 0.570. The average Bonchev–Trinajstić information content (AvgIpc) is 2.71. The molecule has 0 saturated heterocycles. The molecule has 0 aliphatic rings. The summed E-state index contributed by atoms with van der Waals surface area (Å²) in [6, 6.07) is 3.99. The number of hydrogen-bond acceptors (Lipinski definition) is 5. The van der Waals surface area contributed by atoms with Gasteiger partial charge in [-0.25, -0.2) is 15.8 Å². The van der Waals surface area contributed by atoms with Crippen molar-refractivity contribution in [1.82, 2.24) is 9.97 Å². The van der Waals surface area contributed by atoms with Gasteiger partial charge in [0.15, 0.2) is 5.82 Å². The fraction of sp³-hybridized carbons (Fsp3) is 0. The molecule has 2 aromatic rings.